The molecule has 2 amide bonds. The minimum absolute atomic E-state index is 0.187. The first kappa shape index (κ1) is 16.9. The summed E-state index contributed by atoms with van der Waals surface area (Å²) in [7, 11) is 0. The van der Waals surface area contributed by atoms with E-state index in [1.807, 2.05) is 18.2 Å². The lowest BCUT2D eigenvalue weighted by molar-refractivity contribution is -0.115. The van der Waals surface area contributed by atoms with Crippen molar-refractivity contribution in [1.82, 2.24) is 15.3 Å². The Morgan fingerprint density at radius 2 is 2.04 bits per heavy atom. The molecule has 0 saturated heterocycles. The molecule has 2 aromatic rings. The maximum atomic E-state index is 11.8. The zero-order chi connectivity index (χ0) is 16.9. The molecule has 2 rings (SSSR count). The van der Waals surface area contributed by atoms with Gasteiger partial charge in [-0.25, -0.2) is 9.78 Å². The standard InChI is InChI=1S/C15H18N4O3S/c1-15(2,3)22-14(21)17-8-12(20)19-13-18-11(9-23-13)10-6-4-5-7-16-10/h4-7,9H,8H2,1-3H3,(H,17,21)(H,18,19,20). The molecule has 0 unspecified atom stereocenters. The minimum atomic E-state index is -0.638. The number of pyridine rings is 1. The third-order valence-corrected chi connectivity index (χ3v) is 3.23. The summed E-state index contributed by atoms with van der Waals surface area (Å²) < 4.78 is 5.05. The molecular formula is C15H18N4O3S. The Morgan fingerprint density at radius 3 is 2.70 bits per heavy atom. The Bertz CT molecular complexity index is 680. The highest BCUT2D eigenvalue weighted by atomic mass is 32.1. The number of nitrogens with one attached hydrogen (secondary N) is 2. The Kier molecular flexibility index (Phi) is 5.28. The molecule has 0 aliphatic rings. The van der Waals surface area contributed by atoms with Crippen molar-refractivity contribution in [1.29, 1.82) is 0 Å². The number of carbonyl (C=O) groups is 2. The highest BCUT2D eigenvalue weighted by Crippen LogP contribution is 2.22. The highest BCUT2D eigenvalue weighted by Gasteiger charge is 2.17. The van der Waals surface area contributed by atoms with Crippen LogP contribution in [0.3, 0.4) is 0 Å². The van der Waals surface area contributed by atoms with Gasteiger partial charge < -0.3 is 15.4 Å². The fraction of sp³-hybridized carbons (Fsp3) is 0.333. The average Bonchev–Trinajstić information content (AvgIpc) is 2.93. The van der Waals surface area contributed by atoms with Crippen molar-refractivity contribution in [3.8, 4) is 11.4 Å². The summed E-state index contributed by atoms with van der Waals surface area (Å²) in [6, 6.07) is 5.52. The number of anilines is 1. The zero-order valence-corrected chi connectivity index (χ0v) is 13.9. The van der Waals surface area contributed by atoms with Crippen LogP contribution in [0.1, 0.15) is 20.8 Å². The van der Waals surface area contributed by atoms with E-state index in [0.717, 1.165) is 5.69 Å². The molecule has 8 heteroatoms. The number of hydrogen-bond acceptors (Lipinski definition) is 6. The Morgan fingerprint density at radius 1 is 1.26 bits per heavy atom. The normalized spacial score (nSPS) is 10.9. The molecule has 2 N–H and O–H groups in total. The molecule has 0 bridgehead atoms. The molecule has 0 spiro atoms. The lowest BCUT2D eigenvalue weighted by Crippen LogP contribution is -2.37. The summed E-state index contributed by atoms with van der Waals surface area (Å²) >= 11 is 1.29. The van der Waals surface area contributed by atoms with Gasteiger partial charge in [0, 0.05) is 11.6 Å². The van der Waals surface area contributed by atoms with Gasteiger partial charge in [0.15, 0.2) is 5.13 Å². The fourth-order valence-electron chi connectivity index (χ4n) is 1.59. The first-order valence-corrected chi connectivity index (χ1v) is 7.85. The molecular weight excluding hydrogens is 316 g/mol. The van der Waals surface area contributed by atoms with Crippen LogP contribution in [0.15, 0.2) is 29.8 Å². The number of aromatic nitrogens is 2. The monoisotopic (exact) mass is 334 g/mol. The Hall–Kier alpha value is -2.48. The van der Waals surface area contributed by atoms with Crippen molar-refractivity contribution < 1.29 is 14.3 Å². The lowest BCUT2D eigenvalue weighted by Gasteiger charge is -2.19. The number of rotatable bonds is 4. The van der Waals surface area contributed by atoms with Crippen LogP contribution in [0.4, 0.5) is 9.93 Å². The van der Waals surface area contributed by atoms with Crippen molar-refractivity contribution in [2.24, 2.45) is 0 Å². The second-order valence-electron chi connectivity index (χ2n) is 5.66. The quantitative estimate of drug-likeness (QED) is 0.896. The number of amides is 2. The average molecular weight is 334 g/mol. The zero-order valence-electron chi connectivity index (χ0n) is 13.1. The SMILES string of the molecule is CC(C)(C)OC(=O)NCC(=O)Nc1nc(-c2ccccn2)cs1. The molecule has 0 aliphatic heterocycles. The van der Waals surface area contributed by atoms with Gasteiger partial charge in [0.25, 0.3) is 0 Å². The topological polar surface area (TPSA) is 93.2 Å². The molecule has 2 heterocycles. The summed E-state index contributed by atoms with van der Waals surface area (Å²) in [5.74, 6) is -0.377. The first-order valence-electron chi connectivity index (χ1n) is 6.97. The number of hydrogen-bond donors (Lipinski definition) is 2. The van der Waals surface area contributed by atoms with Gasteiger partial charge in [-0.05, 0) is 32.9 Å². The molecule has 122 valence electrons. The molecule has 0 aliphatic carbocycles. The van der Waals surface area contributed by atoms with Gasteiger partial charge in [0.05, 0.1) is 5.69 Å². The number of alkyl carbamates (subject to hydrolysis) is 1. The van der Waals surface area contributed by atoms with Crippen molar-refractivity contribution in [3.63, 3.8) is 0 Å². The van der Waals surface area contributed by atoms with E-state index in [4.69, 9.17) is 4.74 Å². The van der Waals surface area contributed by atoms with Crippen molar-refractivity contribution in [2.45, 2.75) is 26.4 Å². The van der Waals surface area contributed by atoms with Crippen LogP contribution in [0.25, 0.3) is 11.4 Å². The van der Waals surface area contributed by atoms with Crippen LogP contribution < -0.4 is 10.6 Å². The molecule has 7 nitrogen and oxygen atoms in total. The van der Waals surface area contributed by atoms with E-state index in [0.29, 0.717) is 10.8 Å². The van der Waals surface area contributed by atoms with Gasteiger partial charge in [0.1, 0.15) is 17.8 Å². The van der Waals surface area contributed by atoms with Crippen LogP contribution >= 0.6 is 11.3 Å². The van der Waals surface area contributed by atoms with Crippen LogP contribution in [-0.2, 0) is 9.53 Å². The van der Waals surface area contributed by atoms with E-state index in [1.165, 1.54) is 11.3 Å². The summed E-state index contributed by atoms with van der Waals surface area (Å²) in [5.41, 5.74) is 0.815. The van der Waals surface area contributed by atoms with Crippen LogP contribution in [0.2, 0.25) is 0 Å². The van der Waals surface area contributed by atoms with E-state index < -0.39 is 11.7 Å². The Balaban J connectivity index is 1.84. The number of ether oxygens (including phenoxy) is 1. The molecule has 23 heavy (non-hydrogen) atoms. The molecule has 0 aromatic carbocycles. The summed E-state index contributed by atoms with van der Waals surface area (Å²) in [5, 5.41) is 7.26. The van der Waals surface area contributed by atoms with E-state index in [9.17, 15) is 9.59 Å². The number of carbonyl (C=O) groups excluding carboxylic acids is 2. The van der Waals surface area contributed by atoms with E-state index >= 15 is 0 Å². The second kappa shape index (κ2) is 7.19. The van der Waals surface area contributed by atoms with Crippen LogP contribution in [0, 0.1) is 0 Å². The van der Waals surface area contributed by atoms with Gasteiger partial charge in [-0.1, -0.05) is 6.07 Å². The van der Waals surface area contributed by atoms with E-state index in [-0.39, 0.29) is 12.5 Å². The van der Waals surface area contributed by atoms with Gasteiger partial charge in [-0.2, -0.15) is 0 Å². The summed E-state index contributed by atoms with van der Waals surface area (Å²) in [4.78, 5) is 31.7. The predicted molar refractivity (Wildman–Crippen MR) is 88.2 cm³/mol. The van der Waals surface area contributed by atoms with Crippen LogP contribution in [0.5, 0.6) is 0 Å². The van der Waals surface area contributed by atoms with Gasteiger partial charge in [0.2, 0.25) is 5.91 Å². The molecule has 0 radical (unpaired) electrons. The molecule has 0 saturated carbocycles. The fourth-order valence-corrected chi connectivity index (χ4v) is 2.31. The number of nitrogens with zero attached hydrogens (tertiary/aromatic N) is 2. The lowest BCUT2D eigenvalue weighted by atomic mass is 10.2. The largest absolute Gasteiger partial charge is 0.444 e. The van der Waals surface area contributed by atoms with E-state index in [2.05, 4.69) is 20.6 Å². The first-order chi connectivity index (χ1) is 10.8. The van der Waals surface area contributed by atoms with Crippen molar-refractivity contribution >= 4 is 28.5 Å². The highest BCUT2D eigenvalue weighted by molar-refractivity contribution is 7.14. The second-order valence-corrected chi connectivity index (χ2v) is 6.51. The predicted octanol–water partition coefficient (Wildman–Crippen LogP) is 2.67. The number of thiazole rings is 1. The smallest absolute Gasteiger partial charge is 0.408 e. The third-order valence-electron chi connectivity index (χ3n) is 2.47. The van der Waals surface area contributed by atoms with Crippen molar-refractivity contribution in [3.05, 3.63) is 29.8 Å². The maximum Gasteiger partial charge on any atom is 0.408 e. The van der Waals surface area contributed by atoms with Gasteiger partial charge >= 0.3 is 6.09 Å². The van der Waals surface area contributed by atoms with E-state index in [1.54, 1.807) is 32.3 Å². The molecule has 2 aromatic heterocycles. The molecule has 0 atom stereocenters. The Labute approximate surface area is 138 Å². The summed E-state index contributed by atoms with van der Waals surface area (Å²) in [6.45, 7) is 5.07. The minimum Gasteiger partial charge on any atom is -0.444 e. The maximum absolute atomic E-state index is 11.8. The van der Waals surface area contributed by atoms with Gasteiger partial charge in [-0.3, -0.25) is 9.78 Å². The molecule has 0 fully saturated rings. The van der Waals surface area contributed by atoms with Gasteiger partial charge in [-0.15, -0.1) is 11.3 Å². The third kappa shape index (κ3) is 5.67. The van der Waals surface area contributed by atoms with Crippen molar-refractivity contribution in [2.75, 3.05) is 11.9 Å². The summed E-state index contributed by atoms with van der Waals surface area (Å²) in [6.07, 6.45) is 1.04. The van der Waals surface area contributed by atoms with Crippen LogP contribution in [-0.4, -0.2) is 34.1 Å².